The lowest BCUT2D eigenvalue weighted by molar-refractivity contribution is -0.137. The molecule has 0 aliphatic heterocycles. The van der Waals surface area contributed by atoms with Crippen LogP contribution in [0.1, 0.15) is 49.2 Å². The molecular formula is C18H22N2O3S. The van der Waals surface area contributed by atoms with Gasteiger partial charge < -0.3 is 10.0 Å². The molecule has 1 N–H and O–H groups in total. The van der Waals surface area contributed by atoms with E-state index >= 15 is 0 Å². The Kier molecular flexibility index (Phi) is 6.09. The maximum atomic E-state index is 12.5. The Morgan fingerprint density at radius 1 is 1.25 bits per heavy atom. The summed E-state index contributed by atoms with van der Waals surface area (Å²) in [6.07, 6.45) is -0.0623. The van der Waals surface area contributed by atoms with E-state index in [2.05, 4.69) is 31.0 Å². The number of thiazole rings is 1. The molecule has 2 aromatic rings. The summed E-state index contributed by atoms with van der Waals surface area (Å²) in [5.74, 6) is -0.662. The number of carboxylic acids is 1. The highest BCUT2D eigenvalue weighted by Crippen LogP contribution is 2.26. The fourth-order valence-electron chi connectivity index (χ4n) is 2.31. The average molecular weight is 346 g/mol. The smallest absolute Gasteiger partial charge is 0.305 e. The van der Waals surface area contributed by atoms with Crippen molar-refractivity contribution in [2.24, 2.45) is 0 Å². The zero-order valence-electron chi connectivity index (χ0n) is 14.2. The van der Waals surface area contributed by atoms with Crippen LogP contribution in [0, 0.1) is 0 Å². The second kappa shape index (κ2) is 8.06. The van der Waals surface area contributed by atoms with E-state index in [4.69, 9.17) is 5.11 Å². The summed E-state index contributed by atoms with van der Waals surface area (Å²) < 4.78 is 0. The van der Waals surface area contributed by atoms with Crippen LogP contribution in [0.3, 0.4) is 0 Å². The third kappa shape index (κ3) is 4.41. The first kappa shape index (κ1) is 18.1. The van der Waals surface area contributed by atoms with Gasteiger partial charge in [-0.25, -0.2) is 4.98 Å². The first-order valence-corrected chi connectivity index (χ1v) is 8.87. The highest BCUT2D eigenvalue weighted by molar-refractivity contribution is 7.13. The zero-order valence-corrected chi connectivity index (χ0v) is 15.0. The SMILES string of the molecule is CCN(CCC(=O)O)C(=O)c1csc(-c2ccc(C(C)C)cc2)n1. The molecule has 2 rings (SSSR count). The van der Waals surface area contributed by atoms with Crippen LogP contribution in [-0.4, -0.2) is 40.0 Å². The molecule has 5 nitrogen and oxygen atoms in total. The van der Waals surface area contributed by atoms with Crippen molar-refractivity contribution in [1.82, 2.24) is 9.88 Å². The van der Waals surface area contributed by atoms with Gasteiger partial charge in [-0.2, -0.15) is 0 Å². The van der Waals surface area contributed by atoms with Crippen molar-refractivity contribution in [3.8, 4) is 10.6 Å². The second-order valence-electron chi connectivity index (χ2n) is 5.84. The molecule has 1 aromatic heterocycles. The average Bonchev–Trinajstić information content (AvgIpc) is 3.05. The molecule has 1 heterocycles. The maximum Gasteiger partial charge on any atom is 0.305 e. The molecule has 1 aromatic carbocycles. The Labute approximate surface area is 146 Å². The van der Waals surface area contributed by atoms with E-state index in [0.29, 0.717) is 18.2 Å². The molecule has 24 heavy (non-hydrogen) atoms. The fourth-order valence-corrected chi connectivity index (χ4v) is 3.11. The molecule has 0 saturated heterocycles. The second-order valence-corrected chi connectivity index (χ2v) is 6.70. The van der Waals surface area contributed by atoms with Crippen molar-refractivity contribution < 1.29 is 14.7 Å². The Bertz CT molecular complexity index is 707. The van der Waals surface area contributed by atoms with Gasteiger partial charge in [0.15, 0.2) is 0 Å². The van der Waals surface area contributed by atoms with E-state index in [1.807, 2.05) is 19.1 Å². The van der Waals surface area contributed by atoms with Gasteiger partial charge in [0.2, 0.25) is 0 Å². The van der Waals surface area contributed by atoms with Crippen LogP contribution in [-0.2, 0) is 4.79 Å². The monoisotopic (exact) mass is 346 g/mol. The van der Waals surface area contributed by atoms with Crippen LogP contribution < -0.4 is 0 Å². The molecule has 128 valence electrons. The standard InChI is InChI=1S/C18H22N2O3S/c1-4-20(10-9-16(21)22)18(23)15-11-24-17(19-15)14-7-5-13(6-8-14)12(2)3/h5-8,11-12H,4,9-10H2,1-3H3,(H,21,22). The van der Waals surface area contributed by atoms with Crippen LogP contribution in [0.5, 0.6) is 0 Å². The Morgan fingerprint density at radius 3 is 2.46 bits per heavy atom. The molecule has 0 aliphatic rings. The molecule has 0 atom stereocenters. The number of rotatable bonds is 7. The lowest BCUT2D eigenvalue weighted by Gasteiger charge is -2.18. The molecule has 0 radical (unpaired) electrons. The topological polar surface area (TPSA) is 70.5 Å². The fraction of sp³-hybridized carbons (Fsp3) is 0.389. The van der Waals surface area contributed by atoms with Gasteiger partial charge in [-0.3, -0.25) is 9.59 Å². The number of amides is 1. The summed E-state index contributed by atoms with van der Waals surface area (Å²) in [6.45, 7) is 6.78. The highest BCUT2D eigenvalue weighted by atomic mass is 32.1. The van der Waals surface area contributed by atoms with E-state index in [-0.39, 0.29) is 18.9 Å². The van der Waals surface area contributed by atoms with Gasteiger partial charge in [-0.05, 0) is 18.4 Å². The molecule has 1 amide bonds. The van der Waals surface area contributed by atoms with E-state index in [1.54, 1.807) is 5.38 Å². The highest BCUT2D eigenvalue weighted by Gasteiger charge is 2.18. The van der Waals surface area contributed by atoms with Crippen LogP contribution in [0.2, 0.25) is 0 Å². The van der Waals surface area contributed by atoms with Gasteiger partial charge in [0.1, 0.15) is 10.7 Å². The Balaban J connectivity index is 2.13. The maximum absolute atomic E-state index is 12.5. The van der Waals surface area contributed by atoms with E-state index in [0.717, 1.165) is 10.6 Å². The normalized spacial score (nSPS) is 10.8. The molecular weight excluding hydrogens is 324 g/mol. The van der Waals surface area contributed by atoms with Gasteiger partial charge in [0, 0.05) is 24.0 Å². The molecule has 0 saturated carbocycles. The van der Waals surface area contributed by atoms with Crippen molar-refractivity contribution in [1.29, 1.82) is 0 Å². The summed E-state index contributed by atoms with van der Waals surface area (Å²) in [7, 11) is 0. The van der Waals surface area contributed by atoms with E-state index in [1.165, 1.54) is 21.8 Å². The van der Waals surface area contributed by atoms with Crippen molar-refractivity contribution in [2.75, 3.05) is 13.1 Å². The minimum Gasteiger partial charge on any atom is -0.481 e. The van der Waals surface area contributed by atoms with Crippen molar-refractivity contribution in [3.63, 3.8) is 0 Å². The third-order valence-corrected chi connectivity index (χ3v) is 4.70. The number of benzene rings is 1. The van der Waals surface area contributed by atoms with Crippen LogP contribution in [0.15, 0.2) is 29.6 Å². The summed E-state index contributed by atoms with van der Waals surface area (Å²) in [6, 6.07) is 8.19. The number of aromatic nitrogens is 1. The summed E-state index contributed by atoms with van der Waals surface area (Å²) in [4.78, 5) is 29.1. The minimum atomic E-state index is -0.912. The number of hydrogen-bond donors (Lipinski definition) is 1. The van der Waals surface area contributed by atoms with Crippen molar-refractivity contribution in [2.45, 2.75) is 33.1 Å². The predicted molar refractivity (Wildman–Crippen MR) is 95.5 cm³/mol. The van der Waals surface area contributed by atoms with Gasteiger partial charge in [0.05, 0.1) is 6.42 Å². The van der Waals surface area contributed by atoms with Gasteiger partial charge in [-0.1, -0.05) is 38.1 Å². The summed E-state index contributed by atoms with van der Waals surface area (Å²) >= 11 is 1.42. The zero-order chi connectivity index (χ0) is 17.7. The Morgan fingerprint density at radius 2 is 1.92 bits per heavy atom. The first-order valence-electron chi connectivity index (χ1n) is 7.99. The molecule has 0 spiro atoms. The largest absolute Gasteiger partial charge is 0.481 e. The third-order valence-electron chi connectivity index (χ3n) is 3.81. The molecule has 0 aliphatic carbocycles. The molecule has 0 fully saturated rings. The summed E-state index contributed by atoms with van der Waals surface area (Å²) in [5, 5.41) is 11.3. The van der Waals surface area contributed by atoms with Crippen molar-refractivity contribution >= 4 is 23.2 Å². The number of carbonyl (C=O) groups excluding carboxylic acids is 1. The van der Waals surface area contributed by atoms with Crippen molar-refractivity contribution in [3.05, 3.63) is 40.9 Å². The van der Waals surface area contributed by atoms with Gasteiger partial charge in [0.25, 0.3) is 5.91 Å². The van der Waals surface area contributed by atoms with E-state index < -0.39 is 5.97 Å². The number of aliphatic carboxylic acids is 1. The quantitative estimate of drug-likeness (QED) is 0.826. The van der Waals surface area contributed by atoms with Gasteiger partial charge >= 0.3 is 5.97 Å². The lowest BCUT2D eigenvalue weighted by Crippen LogP contribution is -2.33. The number of nitrogens with zero attached hydrogens (tertiary/aromatic N) is 2. The number of carbonyl (C=O) groups is 2. The number of carboxylic acid groups (broad SMARTS) is 1. The van der Waals surface area contributed by atoms with E-state index in [9.17, 15) is 9.59 Å². The molecule has 0 unspecified atom stereocenters. The molecule has 0 bridgehead atoms. The van der Waals surface area contributed by atoms with Crippen LogP contribution in [0.25, 0.3) is 10.6 Å². The predicted octanol–water partition coefficient (Wildman–Crippen LogP) is 3.87. The van der Waals surface area contributed by atoms with Crippen LogP contribution in [0.4, 0.5) is 0 Å². The number of hydrogen-bond acceptors (Lipinski definition) is 4. The summed E-state index contributed by atoms with van der Waals surface area (Å²) in [5.41, 5.74) is 2.62. The first-order chi connectivity index (χ1) is 11.4. The Hall–Kier alpha value is -2.21. The van der Waals surface area contributed by atoms with Crippen LogP contribution >= 0.6 is 11.3 Å². The van der Waals surface area contributed by atoms with Gasteiger partial charge in [-0.15, -0.1) is 11.3 Å². The minimum absolute atomic E-state index is 0.0623. The molecule has 6 heteroatoms. The lowest BCUT2D eigenvalue weighted by atomic mass is 10.0.